The Bertz CT molecular complexity index is 824. The number of hydrogen-bond acceptors (Lipinski definition) is 1. The first-order chi connectivity index (χ1) is 14.4. The van der Waals surface area contributed by atoms with E-state index in [1.807, 2.05) is 0 Å². The topological polar surface area (TPSA) is 7.12 Å². The lowest BCUT2D eigenvalue weighted by Crippen LogP contribution is -3.00. The first-order valence-electron chi connectivity index (χ1n) is 11.1. The van der Waals surface area contributed by atoms with Crippen molar-refractivity contribution in [3.63, 3.8) is 0 Å². The van der Waals surface area contributed by atoms with E-state index in [4.69, 9.17) is 0 Å². The summed E-state index contributed by atoms with van der Waals surface area (Å²) in [4.78, 5) is 2.36. The van der Waals surface area contributed by atoms with Gasteiger partial charge in [0.25, 0.3) is 0 Å². The lowest BCUT2D eigenvalue weighted by Gasteiger charge is -2.22. The Labute approximate surface area is 200 Å². The van der Waals surface area contributed by atoms with Crippen molar-refractivity contribution in [2.45, 2.75) is 26.8 Å². The number of aryl methyl sites for hydroxylation is 1. The van der Waals surface area contributed by atoms with Crippen molar-refractivity contribution >= 4 is 17.8 Å². The third-order valence-electron chi connectivity index (χ3n) is 5.09. The summed E-state index contributed by atoms with van der Waals surface area (Å²) in [5.41, 5.74) is 3.73. The highest BCUT2D eigenvalue weighted by Gasteiger charge is 2.08. The van der Waals surface area contributed by atoms with Gasteiger partial charge in [-0.05, 0) is 37.1 Å². The molecular formula is C27H39BrN3+. The van der Waals surface area contributed by atoms with E-state index in [1.165, 1.54) is 29.8 Å². The van der Waals surface area contributed by atoms with E-state index in [2.05, 4.69) is 130 Å². The molecule has 0 radical (unpaired) electrons. The molecule has 4 heteroatoms. The molecule has 0 aliphatic rings. The first kappa shape index (κ1) is 26.9. The van der Waals surface area contributed by atoms with Gasteiger partial charge in [-0.15, -0.1) is 0 Å². The largest absolute Gasteiger partial charge is 1.00 e. The molecule has 0 saturated heterocycles. The number of halogens is 1. The molecule has 0 atom stereocenters. The zero-order valence-electron chi connectivity index (χ0n) is 19.8. The summed E-state index contributed by atoms with van der Waals surface area (Å²) in [5.74, 6) is 0. The van der Waals surface area contributed by atoms with Gasteiger partial charge >= 0.3 is 0 Å². The van der Waals surface area contributed by atoms with E-state index < -0.39 is 0 Å². The maximum absolute atomic E-state index is 2.36. The van der Waals surface area contributed by atoms with Crippen LogP contribution in [0.5, 0.6) is 0 Å². The Morgan fingerprint density at radius 3 is 1.77 bits per heavy atom. The number of benzene rings is 1. The van der Waals surface area contributed by atoms with Crippen molar-refractivity contribution in [3.05, 3.63) is 84.2 Å². The van der Waals surface area contributed by atoms with E-state index in [1.54, 1.807) is 0 Å². The van der Waals surface area contributed by atoms with Crippen molar-refractivity contribution < 1.29 is 26.0 Å². The third-order valence-corrected chi connectivity index (χ3v) is 5.09. The van der Waals surface area contributed by atoms with Gasteiger partial charge in [0.2, 0.25) is 0 Å². The van der Waals surface area contributed by atoms with Gasteiger partial charge < -0.3 is 26.4 Å². The molecular weight excluding hydrogens is 446 g/mol. The quantitative estimate of drug-likeness (QED) is 0.269. The van der Waals surface area contributed by atoms with Gasteiger partial charge in [0.05, 0.1) is 34.1 Å². The molecule has 0 saturated carbocycles. The summed E-state index contributed by atoms with van der Waals surface area (Å²) in [6, 6.07) is 13.1. The molecule has 0 aliphatic carbocycles. The molecule has 1 heterocycles. The number of nitrogens with zero attached hydrogens (tertiary/aromatic N) is 3. The Morgan fingerprint density at radius 2 is 1.29 bits per heavy atom. The maximum atomic E-state index is 2.36. The summed E-state index contributed by atoms with van der Waals surface area (Å²) in [5, 5.41) is 0. The minimum atomic E-state index is 0. The normalized spacial score (nSPS) is 12.0. The number of aromatic nitrogens is 1. The highest BCUT2D eigenvalue weighted by Crippen LogP contribution is 2.15. The lowest BCUT2D eigenvalue weighted by molar-refractivity contribution is -0.873. The van der Waals surface area contributed by atoms with Crippen molar-refractivity contribution in [1.82, 2.24) is 0 Å². The summed E-state index contributed by atoms with van der Waals surface area (Å²) in [7, 11) is 6.72. The fourth-order valence-electron chi connectivity index (χ4n) is 3.30. The van der Waals surface area contributed by atoms with E-state index in [0.717, 1.165) is 24.1 Å². The molecule has 1 aromatic heterocycles. The Morgan fingerprint density at radius 1 is 0.774 bits per heavy atom. The van der Waals surface area contributed by atoms with Crippen LogP contribution in [0.2, 0.25) is 0 Å². The van der Waals surface area contributed by atoms with Gasteiger partial charge in [-0.1, -0.05) is 48.6 Å². The van der Waals surface area contributed by atoms with Crippen LogP contribution in [0.1, 0.15) is 31.4 Å². The van der Waals surface area contributed by atoms with Crippen LogP contribution in [0.4, 0.5) is 5.69 Å². The number of quaternary nitrogens is 1. The molecule has 0 bridgehead atoms. The number of pyridine rings is 1. The molecule has 0 fully saturated rings. The average Bonchev–Trinajstić information content (AvgIpc) is 2.72. The number of anilines is 1. The molecule has 31 heavy (non-hydrogen) atoms. The smallest absolute Gasteiger partial charge is 0.169 e. The van der Waals surface area contributed by atoms with Crippen LogP contribution < -0.4 is 26.4 Å². The maximum Gasteiger partial charge on any atom is 0.169 e. The molecule has 1 aromatic carbocycles. The molecule has 0 spiro atoms. The minimum absolute atomic E-state index is 0. The van der Waals surface area contributed by atoms with Crippen LogP contribution in [0.15, 0.2) is 73.1 Å². The van der Waals surface area contributed by atoms with Gasteiger partial charge in [0.15, 0.2) is 18.9 Å². The van der Waals surface area contributed by atoms with E-state index in [-0.39, 0.29) is 17.0 Å². The summed E-state index contributed by atoms with van der Waals surface area (Å²) in [6.45, 7) is 8.72. The number of rotatable bonds is 11. The highest BCUT2D eigenvalue weighted by atomic mass is 79.9. The molecule has 168 valence electrons. The standard InChI is InChI=1S/C27H39N3.BrH/c1-6-29(7-2)27-17-15-25(16-18-27)13-10-8-9-11-14-26-19-22-28(23-20-26)21-12-24-30(3,4)5;/h8-11,13-20,22-23H,6-7,12,21,24H2,1-5H3;1H/q+2;/p-1. The molecule has 0 N–H and O–H groups in total. The highest BCUT2D eigenvalue weighted by molar-refractivity contribution is 5.57. The van der Waals surface area contributed by atoms with E-state index in [9.17, 15) is 0 Å². The molecule has 2 rings (SSSR count). The Kier molecular flexibility index (Phi) is 12.1. The van der Waals surface area contributed by atoms with Crippen molar-refractivity contribution in [2.75, 3.05) is 45.7 Å². The zero-order valence-corrected chi connectivity index (χ0v) is 21.4. The molecule has 2 aromatic rings. The number of hydrogen-bond donors (Lipinski definition) is 0. The Balaban J connectivity index is 0.00000480. The summed E-state index contributed by atoms with van der Waals surface area (Å²) >= 11 is 0. The minimum Gasteiger partial charge on any atom is -1.00 e. The second-order valence-corrected chi connectivity index (χ2v) is 8.60. The fraction of sp³-hybridized carbons (Fsp3) is 0.370. The lowest BCUT2D eigenvalue weighted by atomic mass is 10.1. The summed E-state index contributed by atoms with van der Waals surface area (Å²) < 4.78 is 3.28. The van der Waals surface area contributed by atoms with Gasteiger partial charge in [0.1, 0.15) is 0 Å². The molecule has 0 unspecified atom stereocenters. The van der Waals surface area contributed by atoms with Crippen molar-refractivity contribution in [2.24, 2.45) is 0 Å². The van der Waals surface area contributed by atoms with E-state index >= 15 is 0 Å². The van der Waals surface area contributed by atoms with Crippen molar-refractivity contribution in [3.8, 4) is 0 Å². The van der Waals surface area contributed by atoms with Gasteiger partial charge in [-0.2, -0.15) is 0 Å². The zero-order chi connectivity index (χ0) is 21.8. The second-order valence-electron chi connectivity index (χ2n) is 8.60. The molecule has 3 nitrogen and oxygen atoms in total. The van der Waals surface area contributed by atoms with E-state index in [0.29, 0.717) is 0 Å². The third kappa shape index (κ3) is 10.6. The Hall–Kier alpha value is -2.17. The van der Waals surface area contributed by atoms with Crippen LogP contribution >= 0.6 is 0 Å². The van der Waals surface area contributed by atoms with Gasteiger partial charge in [-0.25, -0.2) is 4.57 Å². The van der Waals surface area contributed by atoms with Crippen LogP contribution in [-0.4, -0.2) is 45.3 Å². The first-order valence-corrected chi connectivity index (χ1v) is 11.1. The SMILES string of the molecule is CCN(CC)c1ccc(/C=C/C=C/C=C/c2cc[n+](CCC[N+](C)(C)C)cc2)cc1.[Br-]. The van der Waals surface area contributed by atoms with Crippen LogP contribution in [0.25, 0.3) is 12.2 Å². The summed E-state index contributed by atoms with van der Waals surface area (Å²) in [6.07, 6.45) is 18.1. The van der Waals surface area contributed by atoms with Crippen LogP contribution in [0, 0.1) is 0 Å². The van der Waals surface area contributed by atoms with Crippen LogP contribution in [0.3, 0.4) is 0 Å². The predicted octanol–water partition coefficient (Wildman–Crippen LogP) is 2.20. The second kappa shape index (κ2) is 14.0. The number of allylic oxidation sites excluding steroid dienone is 4. The fourth-order valence-corrected chi connectivity index (χ4v) is 3.30. The van der Waals surface area contributed by atoms with Crippen LogP contribution in [-0.2, 0) is 6.54 Å². The molecule has 0 amide bonds. The van der Waals surface area contributed by atoms with Gasteiger partial charge in [0, 0.05) is 30.9 Å². The molecule has 0 aliphatic heterocycles. The monoisotopic (exact) mass is 484 g/mol. The average molecular weight is 486 g/mol. The van der Waals surface area contributed by atoms with Gasteiger partial charge in [-0.3, -0.25) is 0 Å². The predicted molar refractivity (Wildman–Crippen MR) is 131 cm³/mol. The van der Waals surface area contributed by atoms with Crippen molar-refractivity contribution in [1.29, 1.82) is 0 Å².